The number of benzene rings is 3. The standard InChI is InChI=1S/C21H18O4/c1-16(21(22)25-18-10-6-3-7-11-18)23-19-12-14-20(15-13-19)24-17-8-4-2-5-9-17/h2-16H,1H3/t16-/m1/s1. The van der Waals surface area contributed by atoms with E-state index in [-0.39, 0.29) is 0 Å². The summed E-state index contributed by atoms with van der Waals surface area (Å²) in [6.45, 7) is 1.65. The molecule has 0 N–H and O–H groups in total. The van der Waals surface area contributed by atoms with E-state index in [1.807, 2.05) is 36.4 Å². The Morgan fingerprint density at radius 1 is 0.680 bits per heavy atom. The molecule has 3 aromatic rings. The van der Waals surface area contributed by atoms with Crippen LogP contribution in [-0.4, -0.2) is 12.1 Å². The molecular weight excluding hydrogens is 316 g/mol. The number of ether oxygens (including phenoxy) is 3. The minimum Gasteiger partial charge on any atom is -0.479 e. The highest BCUT2D eigenvalue weighted by Crippen LogP contribution is 2.24. The SMILES string of the molecule is C[C@@H](Oc1ccc(Oc2ccccc2)cc1)C(=O)Oc1ccccc1. The molecule has 4 heteroatoms. The third-order valence-electron chi connectivity index (χ3n) is 3.41. The van der Waals surface area contributed by atoms with E-state index in [2.05, 4.69) is 0 Å². The van der Waals surface area contributed by atoms with E-state index in [0.29, 0.717) is 17.2 Å². The van der Waals surface area contributed by atoms with E-state index < -0.39 is 12.1 Å². The number of rotatable bonds is 6. The Labute approximate surface area is 146 Å². The van der Waals surface area contributed by atoms with Gasteiger partial charge in [-0.25, -0.2) is 4.79 Å². The van der Waals surface area contributed by atoms with Crippen molar-refractivity contribution in [1.29, 1.82) is 0 Å². The minimum atomic E-state index is -0.721. The molecular formula is C21H18O4. The number of carbonyl (C=O) groups excluding carboxylic acids is 1. The van der Waals surface area contributed by atoms with Crippen molar-refractivity contribution >= 4 is 5.97 Å². The highest BCUT2D eigenvalue weighted by Gasteiger charge is 2.17. The van der Waals surface area contributed by atoms with Crippen LogP contribution in [0, 0.1) is 0 Å². The summed E-state index contributed by atoms with van der Waals surface area (Å²) in [6, 6.07) is 25.5. The molecule has 0 spiro atoms. The molecule has 3 aromatic carbocycles. The summed E-state index contributed by atoms with van der Waals surface area (Å²) in [5, 5.41) is 0. The summed E-state index contributed by atoms with van der Waals surface area (Å²) in [6.07, 6.45) is -0.721. The molecule has 0 aliphatic heterocycles. The van der Waals surface area contributed by atoms with E-state index in [4.69, 9.17) is 14.2 Å². The summed E-state index contributed by atoms with van der Waals surface area (Å²) >= 11 is 0. The third kappa shape index (κ3) is 4.85. The van der Waals surface area contributed by atoms with Crippen molar-refractivity contribution in [2.45, 2.75) is 13.0 Å². The Balaban J connectivity index is 1.56. The Kier molecular flexibility index (Phi) is 5.32. The molecule has 25 heavy (non-hydrogen) atoms. The van der Waals surface area contributed by atoms with Crippen molar-refractivity contribution in [3.05, 3.63) is 84.9 Å². The first-order valence-electron chi connectivity index (χ1n) is 7.97. The van der Waals surface area contributed by atoms with E-state index in [1.165, 1.54) is 0 Å². The lowest BCUT2D eigenvalue weighted by atomic mass is 10.3. The van der Waals surface area contributed by atoms with Gasteiger partial charge in [0.15, 0.2) is 6.10 Å². The van der Waals surface area contributed by atoms with E-state index in [9.17, 15) is 4.79 Å². The van der Waals surface area contributed by atoms with Gasteiger partial charge in [-0.2, -0.15) is 0 Å². The van der Waals surface area contributed by atoms with Crippen LogP contribution >= 0.6 is 0 Å². The van der Waals surface area contributed by atoms with Crippen LogP contribution in [0.2, 0.25) is 0 Å². The van der Waals surface area contributed by atoms with Crippen molar-refractivity contribution < 1.29 is 19.0 Å². The van der Waals surface area contributed by atoms with Crippen LogP contribution in [0.5, 0.6) is 23.0 Å². The Bertz CT molecular complexity index is 798. The Morgan fingerprint density at radius 2 is 1.16 bits per heavy atom. The second-order valence-corrected chi connectivity index (χ2v) is 5.38. The van der Waals surface area contributed by atoms with Gasteiger partial charge in [0.05, 0.1) is 0 Å². The van der Waals surface area contributed by atoms with Crippen LogP contribution in [0.3, 0.4) is 0 Å². The lowest BCUT2D eigenvalue weighted by Gasteiger charge is -2.14. The second-order valence-electron chi connectivity index (χ2n) is 5.38. The van der Waals surface area contributed by atoms with E-state index in [1.54, 1.807) is 55.5 Å². The molecule has 0 saturated heterocycles. The van der Waals surface area contributed by atoms with Gasteiger partial charge in [-0.15, -0.1) is 0 Å². The maximum atomic E-state index is 12.1. The number of para-hydroxylation sites is 2. The number of carbonyl (C=O) groups is 1. The first-order valence-corrected chi connectivity index (χ1v) is 7.97. The van der Waals surface area contributed by atoms with E-state index >= 15 is 0 Å². The maximum Gasteiger partial charge on any atom is 0.352 e. The Morgan fingerprint density at radius 3 is 1.76 bits per heavy atom. The molecule has 0 saturated carbocycles. The van der Waals surface area contributed by atoms with Gasteiger partial charge in [-0.1, -0.05) is 36.4 Å². The zero-order chi connectivity index (χ0) is 17.5. The molecule has 0 amide bonds. The van der Waals surface area contributed by atoms with Crippen molar-refractivity contribution in [3.63, 3.8) is 0 Å². The lowest BCUT2D eigenvalue weighted by Crippen LogP contribution is -2.28. The van der Waals surface area contributed by atoms with Gasteiger partial charge in [-0.3, -0.25) is 0 Å². The van der Waals surface area contributed by atoms with Crippen LogP contribution in [0.4, 0.5) is 0 Å². The molecule has 126 valence electrons. The van der Waals surface area contributed by atoms with Gasteiger partial charge in [0.1, 0.15) is 23.0 Å². The Hall–Kier alpha value is -3.27. The summed E-state index contributed by atoms with van der Waals surface area (Å²) in [5.41, 5.74) is 0. The number of hydrogen-bond acceptors (Lipinski definition) is 4. The normalized spacial score (nSPS) is 11.4. The lowest BCUT2D eigenvalue weighted by molar-refractivity contribution is -0.141. The first-order chi connectivity index (χ1) is 12.2. The second kappa shape index (κ2) is 8.02. The first kappa shape index (κ1) is 16.6. The average molecular weight is 334 g/mol. The van der Waals surface area contributed by atoms with Gasteiger partial charge in [0.2, 0.25) is 0 Å². The topological polar surface area (TPSA) is 44.8 Å². The molecule has 0 aromatic heterocycles. The quantitative estimate of drug-likeness (QED) is 0.477. The summed E-state index contributed by atoms with van der Waals surface area (Å²) < 4.78 is 16.6. The van der Waals surface area contributed by atoms with Gasteiger partial charge >= 0.3 is 5.97 Å². The van der Waals surface area contributed by atoms with Crippen LogP contribution in [0.15, 0.2) is 84.9 Å². The third-order valence-corrected chi connectivity index (χ3v) is 3.41. The number of esters is 1. The highest BCUT2D eigenvalue weighted by atomic mass is 16.6. The molecule has 1 atom stereocenters. The van der Waals surface area contributed by atoms with Crippen molar-refractivity contribution in [2.75, 3.05) is 0 Å². The molecule has 0 heterocycles. The zero-order valence-electron chi connectivity index (χ0n) is 13.8. The summed E-state index contributed by atoms with van der Waals surface area (Å²) in [5.74, 6) is 2.07. The van der Waals surface area contributed by atoms with Gasteiger partial charge in [-0.05, 0) is 55.5 Å². The van der Waals surface area contributed by atoms with Gasteiger partial charge < -0.3 is 14.2 Å². The monoisotopic (exact) mass is 334 g/mol. The van der Waals surface area contributed by atoms with Gasteiger partial charge in [0, 0.05) is 0 Å². The fraction of sp³-hybridized carbons (Fsp3) is 0.0952. The molecule has 0 aliphatic rings. The van der Waals surface area contributed by atoms with Gasteiger partial charge in [0.25, 0.3) is 0 Å². The predicted molar refractivity (Wildman–Crippen MR) is 95.1 cm³/mol. The van der Waals surface area contributed by atoms with Crippen LogP contribution in [0.25, 0.3) is 0 Å². The molecule has 4 nitrogen and oxygen atoms in total. The van der Waals surface area contributed by atoms with Crippen LogP contribution < -0.4 is 14.2 Å². The smallest absolute Gasteiger partial charge is 0.352 e. The molecule has 0 fully saturated rings. The molecule has 0 unspecified atom stereocenters. The molecule has 3 rings (SSSR count). The van der Waals surface area contributed by atoms with Crippen molar-refractivity contribution in [2.24, 2.45) is 0 Å². The largest absolute Gasteiger partial charge is 0.479 e. The summed E-state index contributed by atoms with van der Waals surface area (Å²) in [7, 11) is 0. The fourth-order valence-electron chi connectivity index (χ4n) is 2.15. The molecule has 0 aliphatic carbocycles. The fourth-order valence-corrected chi connectivity index (χ4v) is 2.15. The average Bonchev–Trinajstić information content (AvgIpc) is 2.65. The van der Waals surface area contributed by atoms with Crippen LogP contribution in [0.1, 0.15) is 6.92 Å². The zero-order valence-corrected chi connectivity index (χ0v) is 13.8. The van der Waals surface area contributed by atoms with Crippen molar-refractivity contribution in [1.82, 2.24) is 0 Å². The van der Waals surface area contributed by atoms with Crippen molar-refractivity contribution in [3.8, 4) is 23.0 Å². The minimum absolute atomic E-state index is 0.448. The summed E-state index contributed by atoms with van der Waals surface area (Å²) in [4.78, 5) is 12.1. The van der Waals surface area contributed by atoms with E-state index in [0.717, 1.165) is 5.75 Å². The highest BCUT2D eigenvalue weighted by molar-refractivity contribution is 5.77. The van der Waals surface area contributed by atoms with Crippen LogP contribution in [-0.2, 0) is 4.79 Å². The number of hydrogen-bond donors (Lipinski definition) is 0. The molecule has 0 bridgehead atoms. The maximum absolute atomic E-state index is 12.1. The molecule has 0 radical (unpaired) electrons. The predicted octanol–water partition coefficient (Wildman–Crippen LogP) is 4.85.